The van der Waals surface area contributed by atoms with E-state index in [0.717, 1.165) is 42.1 Å². The molecule has 0 radical (unpaired) electrons. The molecule has 0 aromatic heterocycles. The highest BCUT2D eigenvalue weighted by Gasteiger charge is 2.32. The Balaban J connectivity index is 2.38. The summed E-state index contributed by atoms with van der Waals surface area (Å²) in [6.07, 6.45) is 1.05. The standard InChI is InChI=1S/C16H26N2O3/c1-18-9-11(8-17)5-14(18)13-7-15(20-3)12(10-19-2)6-16(13)21-4/h6-7,11,14H,5,8-10,17H2,1-4H3. The SMILES string of the molecule is COCc1cc(OC)c(C2CC(CN)CN2C)cc1OC. The summed E-state index contributed by atoms with van der Waals surface area (Å²) in [5.74, 6) is 2.27. The molecule has 1 aliphatic heterocycles. The zero-order chi connectivity index (χ0) is 15.4. The van der Waals surface area contributed by atoms with Gasteiger partial charge in [0.2, 0.25) is 0 Å². The molecule has 21 heavy (non-hydrogen) atoms. The Kier molecular flexibility index (Phi) is 5.45. The van der Waals surface area contributed by atoms with Crippen molar-refractivity contribution in [3.63, 3.8) is 0 Å². The van der Waals surface area contributed by atoms with E-state index in [2.05, 4.69) is 18.0 Å². The van der Waals surface area contributed by atoms with E-state index in [0.29, 0.717) is 18.6 Å². The van der Waals surface area contributed by atoms with Crippen LogP contribution in [0.4, 0.5) is 0 Å². The second kappa shape index (κ2) is 7.11. The van der Waals surface area contributed by atoms with Crippen molar-refractivity contribution in [1.82, 2.24) is 4.90 Å². The maximum atomic E-state index is 5.83. The summed E-state index contributed by atoms with van der Waals surface area (Å²) in [4.78, 5) is 2.34. The van der Waals surface area contributed by atoms with Crippen LogP contribution < -0.4 is 15.2 Å². The molecule has 1 aromatic rings. The first-order chi connectivity index (χ1) is 10.1. The van der Waals surface area contributed by atoms with Gasteiger partial charge in [-0.3, -0.25) is 4.90 Å². The minimum Gasteiger partial charge on any atom is -0.496 e. The van der Waals surface area contributed by atoms with E-state index >= 15 is 0 Å². The molecule has 2 unspecified atom stereocenters. The summed E-state index contributed by atoms with van der Waals surface area (Å²) in [6.45, 7) is 2.25. The van der Waals surface area contributed by atoms with E-state index < -0.39 is 0 Å². The van der Waals surface area contributed by atoms with E-state index in [1.54, 1.807) is 21.3 Å². The lowest BCUT2D eigenvalue weighted by Crippen LogP contribution is -2.21. The third-order valence-corrected chi connectivity index (χ3v) is 4.26. The van der Waals surface area contributed by atoms with Crippen molar-refractivity contribution in [1.29, 1.82) is 0 Å². The average Bonchev–Trinajstić information content (AvgIpc) is 2.88. The van der Waals surface area contributed by atoms with Gasteiger partial charge in [-0.15, -0.1) is 0 Å². The zero-order valence-electron chi connectivity index (χ0n) is 13.4. The van der Waals surface area contributed by atoms with Gasteiger partial charge in [0.15, 0.2) is 0 Å². The van der Waals surface area contributed by atoms with Gasteiger partial charge in [-0.25, -0.2) is 0 Å². The van der Waals surface area contributed by atoms with E-state index in [4.69, 9.17) is 19.9 Å². The molecule has 5 heteroatoms. The smallest absolute Gasteiger partial charge is 0.124 e. The van der Waals surface area contributed by atoms with Crippen molar-refractivity contribution in [2.24, 2.45) is 11.7 Å². The number of rotatable bonds is 6. The lowest BCUT2D eigenvalue weighted by molar-refractivity contribution is 0.181. The molecule has 1 heterocycles. The summed E-state index contributed by atoms with van der Waals surface area (Å²) >= 11 is 0. The molecule has 0 saturated carbocycles. The molecule has 0 spiro atoms. The van der Waals surface area contributed by atoms with Crippen LogP contribution in [0.5, 0.6) is 11.5 Å². The van der Waals surface area contributed by atoms with Gasteiger partial charge in [-0.05, 0) is 38.1 Å². The van der Waals surface area contributed by atoms with Crippen LogP contribution in [0.15, 0.2) is 12.1 Å². The van der Waals surface area contributed by atoms with Gasteiger partial charge in [0, 0.05) is 30.8 Å². The summed E-state index contributed by atoms with van der Waals surface area (Å²) in [7, 11) is 7.20. The van der Waals surface area contributed by atoms with Gasteiger partial charge in [0.25, 0.3) is 0 Å². The number of ether oxygens (including phenoxy) is 3. The van der Waals surface area contributed by atoms with Gasteiger partial charge in [-0.2, -0.15) is 0 Å². The van der Waals surface area contributed by atoms with Crippen LogP contribution in [-0.4, -0.2) is 46.4 Å². The largest absolute Gasteiger partial charge is 0.496 e. The third-order valence-electron chi connectivity index (χ3n) is 4.26. The van der Waals surface area contributed by atoms with E-state index in [-0.39, 0.29) is 0 Å². The Morgan fingerprint density at radius 1 is 1.19 bits per heavy atom. The Morgan fingerprint density at radius 2 is 1.90 bits per heavy atom. The second-order valence-corrected chi connectivity index (χ2v) is 5.63. The molecule has 2 N–H and O–H groups in total. The van der Waals surface area contributed by atoms with Crippen LogP contribution in [0, 0.1) is 5.92 Å². The summed E-state index contributed by atoms with van der Waals surface area (Å²) in [6, 6.07) is 4.41. The van der Waals surface area contributed by atoms with Crippen molar-refractivity contribution in [2.75, 3.05) is 41.5 Å². The van der Waals surface area contributed by atoms with Crippen LogP contribution in [0.25, 0.3) is 0 Å². The normalized spacial score (nSPS) is 22.5. The van der Waals surface area contributed by atoms with Crippen molar-refractivity contribution in [2.45, 2.75) is 19.1 Å². The highest BCUT2D eigenvalue weighted by atomic mass is 16.5. The third kappa shape index (κ3) is 3.31. The van der Waals surface area contributed by atoms with Gasteiger partial charge in [-0.1, -0.05) is 0 Å². The minimum absolute atomic E-state index is 0.319. The van der Waals surface area contributed by atoms with Crippen LogP contribution in [0.3, 0.4) is 0 Å². The fraction of sp³-hybridized carbons (Fsp3) is 0.625. The minimum atomic E-state index is 0.319. The lowest BCUT2D eigenvalue weighted by atomic mass is 9.97. The van der Waals surface area contributed by atoms with Crippen molar-refractivity contribution < 1.29 is 14.2 Å². The maximum Gasteiger partial charge on any atom is 0.124 e. The highest BCUT2D eigenvalue weighted by Crippen LogP contribution is 2.41. The molecule has 2 atom stereocenters. The van der Waals surface area contributed by atoms with E-state index in [1.807, 2.05) is 6.07 Å². The predicted octanol–water partition coefficient (Wildman–Crippen LogP) is 1.80. The number of methoxy groups -OCH3 is 3. The quantitative estimate of drug-likeness (QED) is 0.867. The van der Waals surface area contributed by atoms with Gasteiger partial charge >= 0.3 is 0 Å². The first kappa shape index (κ1) is 16.1. The Bertz CT molecular complexity index is 479. The topological polar surface area (TPSA) is 57.0 Å². The van der Waals surface area contributed by atoms with Gasteiger partial charge in [0.1, 0.15) is 11.5 Å². The Labute approximate surface area is 127 Å². The summed E-state index contributed by atoms with van der Waals surface area (Å²) in [5, 5.41) is 0. The summed E-state index contributed by atoms with van der Waals surface area (Å²) < 4.78 is 16.3. The number of nitrogens with two attached hydrogens (primary N) is 1. The van der Waals surface area contributed by atoms with Crippen molar-refractivity contribution in [3.05, 3.63) is 23.3 Å². The van der Waals surface area contributed by atoms with Crippen LogP contribution in [0.1, 0.15) is 23.6 Å². The van der Waals surface area contributed by atoms with Gasteiger partial charge < -0.3 is 19.9 Å². The molecular weight excluding hydrogens is 268 g/mol. The number of likely N-dealkylation sites (tertiary alicyclic amines) is 1. The number of hydrogen-bond donors (Lipinski definition) is 1. The average molecular weight is 294 g/mol. The van der Waals surface area contributed by atoms with Crippen molar-refractivity contribution in [3.8, 4) is 11.5 Å². The molecule has 1 aromatic carbocycles. The maximum absolute atomic E-state index is 5.83. The first-order valence-electron chi connectivity index (χ1n) is 7.28. The molecule has 1 fully saturated rings. The number of hydrogen-bond acceptors (Lipinski definition) is 5. The van der Waals surface area contributed by atoms with Crippen LogP contribution in [0.2, 0.25) is 0 Å². The van der Waals surface area contributed by atoms with E-state index in [1.165, 1.54) is 0 Å². The molecule has 0 bridgehead atoms. The molecule has 0 amide bonds. The molecule has 1 aliphatic rings. The predicted molar refractivity (Wildman–Crippen MR) is 82.8 cm³/mol. The van der Waals surface area contributed by atoms with Crippen LogP contribution >= 0.6 is 0 Å². The van der Waals surface area contributed by atoms with E-state index in [9.17, 15) is 0 Å². The van der Waals surface area contributed by atoms with Crippen LogP contribution in [-0.2, 0) is 11.3 Å². The molecule has 5 nitrogen and oxygen atoms in total. The van der Waals surface area contributed by atoms with Gasteiger partial charge in [0.05, 0.1) is 20.8 Å². The Morgan fingerprint density at radius 3 is 2.43 bits per heavy atom. The molecular formula is C16H26N2O3. The number of nitrogens with zero attached hydrogens (tertiary/aromatic N) is 1. The number of benzene rings is 1. The molecule has 2 rings (SSSR count). The van der Waals surface area contributed by atoms with Crippen molar-refractivity contribution >= 4 is 0 Å². The fourth-order valence-corrected chi connectivity index (χ4v) is 3.15. The first-order valence-corrected chi connectivity index (χ1v) is 7.28. The molecule has 1 saturated heterocycles. The monoisotopic (exact) mass is 294 g/mol. The second-order valence-electron chi connectivity index (χ2n) is 5.63. The zero-order valence-corrected chi connectivity index (χ0v) is 13.4. The fourth-order valence-electron chi connectivity index (χ4n) is 3.15. The summed E-state index contributed by atoms with van der Waals surface area (Å²) in [5.41, 5.74) is 7.98. The lowest BCUT2D eigenvalue weighted by Gasteiger charge is -2.23. The highest BCUT2D eigenvalue weighted by molar-refractivity contribution is 5.48. The molecule has 0 aliphatic carbocycles. The Hall–Kier alpha value is -1.30. The molecule has 118 valence electrons.